The van der Waals surface area contributed by atoms with E-state index in [9.17, 15) is 0 Å². The Morgan fingerprint density at radius 3 is 2.40 bits per heavy atom. The zero-order valence-corrected chi connectivity index (χ0v) is 6.12. The van der Waals surface area contributed by atoms with Crippen LogP contribution in [0.5, 0.6) is 0 Å². The van der Waals surface area contributed by atoms with Gasteiger partial charge in [-0.2, -0.15) is 0 Å². The minimum absolute atomic E-state index is 0.887. The largest absolute Gasteiger partial charge is 0.377 e. The summed E-state index contributed by atoms with van der Waals surface area (Å²) in [5.41, 5.74) is 0.0485. The summed E-state index contributed by atoms with van der Waals surface area (Å²) >= 11 is 5.31. The Bertz CT molecular complexity index is 184. The highest BCUT2D eigenvalue weighted by molar-refractivity contribution is 6.20. The van der Waals surface area contributed by atoms with Gasteiger partial charge in [0.1, 0.15) is 5.56 Å². The van der Waals surface area contributed by atoms with Gasteiger partial charge in [0.15, 0.2) is 0 Å². The minimum atomic E-state index is -0.887. The number of benzene rings is 1. The van der Waals surface area contributed by atoms with Crippen molar-refractivity contribution < 1.29 is 5.11 Å². The summed E-state index contributed by atoms with van der Waals surface area (Å²) < 4.78 is 0. The third-order valence-electron chi connectivity index (χ3n) is 1.13. The van der Waals surface area contributed by atoms with Crippen LogP contribution >= 0.6 is 11.6 Å². The van der Waals surface area contributed by atoms with Gasteiger partial charge in [-0.1, -0.05) is 41.9 Å². The van der Waals surface area contributed by atoms with Crippen LogP contribution in [0.1, 0.15) is 5.56 Å². The van der Waals surface area contributed by atoms with Crippen LogP contribution in [0, 0.1) is 6.42 Å². The maximum absolute atomic E-state index is 8.72. The first kappa shape index (κ1) is 7.58. The van der Waals surface area contributed by atoms with E-state index in [-0.39, 0.29) is 0 Å². The monoisotopic (exact) mass is 155 g/mol. The van der Waals surface area contributed by atoms with Crippen LogP contribution in [0.25, 0.3) is 0 Å². The number of halogens is 1. The van der Waals surface area contributed by atoms with Crippen molar-refractivity contribution in [3.8, 4) is 0 Å². The minimum Gasteiger partial charge on any atom is -0.377 e. The highest BCUT2D eigenvalue weighted by atomic mass is 35.5. The third-order valence-corrected chi connectivity index (χ3v) is 1.26. The van der Waals surface area contributed by atoms with Crippen molar-refractivity contribution in [3.05, 3.63) is 42.3 Å². The Morgan fingerprint density at radius 1 is 1.30 bits per heavy atom. The van der Waals surface area contributed by atoms with Crippen LogP contribution in [0.3, 0.4) is 0 Å². The van der Waals surface area contributed by atoms with Crippen molar-refractivity contribution in [2.24, 2.45) is 0 Å². The average molecular weight is 156 g/mol. The molecule has 1 atom stereocenters. The summed E-state index contributed by atoms with van der Waals surface area (Å²) in [6.07, 6.45) is 1.57. The molecule has 0 saturated carbocycles. The molecule has 0 aliphatic rings. The standard InChI is InChI=1S/C8H8ClO/c9-8(10)6-7-4-2-1-3-5-7/h1-6,8,10H. The lowest BCUT2D eigenvalue weighted by molar-refractivity contribution is 0.291. The number of rotatable bonds is 2. The molecule has 0 aromatic heterocycles. The molecular formula is C8H8ClO. The van der Waals surface area contributed by atoms with Crippen molar-refractivity contribution in [1.82, 2.24) is 0 Å². The van der Waals surface area contributed by atoms with Crippen LogP contribution in [0.15, 0.2) is 30.3 Å². The molecule has 10 heavy (non-hydrogen) atoms. The van der Waals surface area contributed by atoms with Crippen LogP contribution in [0.4, 0.5) is 0 Å². The highest BCUT2D eigenvalue weighted by Gasteiger charge is 1.98. The van der Waals surface area contributed by atoms with Gasteiger partial charge in [0.25, 0.3) is 0 Å². The molecule has 1 aromatic carbocycles. The van der Waals surface area contributed by atoms with Crippen LogP contribution in [-0.2, 0) is 0 Å². The molecule has 0 aliphatic heterocycles. The molecule has 1 aromatic rings. The van der Waals surface area contributed by atoms with E-state index in [0.717, 1.165) is 5.56 Å². The van der Waals surface area contributed by atoms with Gasteiger partial charge in [-0.05, 0) is 5.56 Å². The second-order valence-electron chi connectivity index (χ2n) is 1.95. The van der Waals surface area contributed by atoms with Gasteiger partial charge in [-0.15, -0.1) is 0 Å². The summed E-state index contributed by atoms with van der Waals surface area (Å²) in [7, 11) is 0. The van der Waals surface area contributed by atoms with Gasteiger partial charge in [-0.3, -0.25) is 0 Å². The first-order valence-electron chi connectivity index (χ1n) is 3.01. The van der Waals surface area contributed by atoms with Crippen molar-refractivity contribution in [2.75, 3.05) is 0 Å². The van der Waals surface area contributed by atoms with E-state index < -0.39 is 5.56 Å². The molecule has 0 fully saturated rings. The second-order valence-corrected chi connectivity index (χ2v) is 2.40. The van der Waals surface area contributed by atoms with Gasteiger partial charge >= 0.3 is 0 Å². The number of aliphatic hydroxyl groups excluding tert-OH is 1. The number of aliphatic hydroxyl groups is 1. The molecule has 2 heteroatoms. The Kier molecular flexibility index (Phi) is 2.72. The first-order chi connectivity index (χ1) is 4.79. The van der Waals surface area contributed by atoms with Gasteiger partial charge in [0.2, 0.25) is 0 Å². The lowest BCUT2D eigenvalue weighted by atomic mass is 10.2. The molecule has 1 N–H and O–H groups in total. The fourth-order valence-electron chi connectivity index (χ4n) is 0.723. The van der Waals surface area contributed by atoms with E-state index in [4.69, 9.17) is 16.7 Å². The summed E-state index contributed by atoms with van der Waals surface area (Å²) in [5.74, 6) is 0. The smallest absolute Gasteiger partial charge is 0.135 e. The predicted molar refractivity (Wildman–Crippen MR) is 41.7 cm³/mol. The van der Waals surface area contributed by atoms with E-state index in [1.54, 1.807) is 6.42 Å². The summed E-state index contributed by atoms with van der Waals surface area (Å²) in [6.45, 7) is 0. The number of hydrogen-bond donors (Lipinski definition) is 1. The quantitative estimate of drug-likeness (QED) is 0.646. The van der Waals surface area contributed by atoms with Gasteiger partial charge in [0.05, 0.1) is 0 Å². The molecule has 53 valence electrons. The van der Waals surface area contributed by atoms with Crippen molar-refractivity contribution in [1.29, 1.82) is 0 Å². The SMILES string of the molecule is OC(Cl)[CH]c1ccccc1. The maximum Gasteiger partial charge on any atom is 0.135 e. The number of alkyl halides is 1. The Balaban J connectivity index is 2.59. The molecule has 0 heterocycles. The van der Waals surface area contributed by atoms with E-state index in [2.05, 4.69) is 0 Å². The van der Waals surface area contributed by atoms with Crippen molar-refractivity contribution >= 4 is 11.6 Å². The highest BCUT2D eigenvalue weighted by Crippen LogP contribution is 2.06. The predicted octanol–water partition coefficient (Wildman–Crippen LogP) is 1.80. The molecule has 0 aliphatic carbocycles. The molecule has 1 nitrogen and oxygen atoms in total. The Labute approximate surface area is 65.3 Å². The first-order valence-corrected chi connectivity index (χ1v) is 3.45. The van der Waals surface area contributed by atoms with E-state index in [0.29, 0.717) is 0 Å². The Morgan fingerprint density at radius 2 is 1.90 bits per heavy atom. The Hall–Kier alpha value is -0.530. The maximum atomic E-state index is 8.72. The average Bonchev–Trinajstić information content (AvgIpc) is 1.88. The zero-order valence-electron chi connectivity index (χ0n) is 5.37. The molecule has 1 rings (SSSR count). The lowest BCUT2D eigenvalue weighted by Gasteiger charge is -1.99. The second kappa shape index (κ2) is 3.59. The van der Waals surface area contributed by atoms with Crippen molar-refractivity contribution in [2.45, 2.75) is 5.56 Å². The normalized spacial score (nSPS) is 13.0. The zero-order chi connectivity index (χ0) is 7.40. The van der Waals surface area contributed by atoms with Gasteiger partial charge in [-0.25, -0.2) is 0 Å². The van der Waals surface area contributed by atoms with Crippen molar-refractivity contribution in [3.63, 3.8) is 0 Å². The molecule has 0 spiro atoms. The molecule has 0 amide bonds. The summed E-state index contributed by atoms with van der Waals surface area (Å²) in [5, 5.41) is 8.72. The molecule has 0 bridgehead atoms. The lowest BCUT2D eigenvalue weighted by Crippen LogP contribution is -1.96. The van der Waals surface area contributed by atoms with Gasteiger partial charge in [0, 0.05) is 6.42 Å². The van der Waals surface area contributed by atoms with Crippen LogP contribution in [-0.4, -0.2) is 10.7 Å². The molecule has 0 saturated heterocycles. The van der Waals surface area contributed by atoms with E-state index >= 15 is 0 Å². The van der Waals surface area contributed by atoms with Crippen LogP contribution in [0.2, 0.25) is 0 Å². The molecule has 1 unspecified atom stereocenters. The van der Waals surface area contributed by atoms with Gasteiger partial charge < -0.3 is 5.11 Å². The fraction of sp³-hybridized carbons (Fsp3) is 0.125. The number of hydrogen-bond acceptors (Lipinski definition) is 1. The topological polar surface area (TPSA) is 20.2 Å². The van der Waals surface area contributed by atoms with E-state index in [1.165, 1.54) is 0 Å². The van der Waals surface area contributed by atoms with E-state index in [1.807, 2.05) is 30.3 Å². The molecule has 1 radical (unpaired) electrons. The summed E-state index contributed by atoms with van der Waals surface area (Å²) in [4.78, 5) is 0. The third kappa shape index (κ3) is 2.38. The fourth-order valence-corrected chi connectivity index (χ4v) is 0.868. The van der Waals surface area contributed by atoms with Crippen LogP contribution < -0.4 is 0 Å². The molecular weight excluding hydrogens is 148 g/mol. The summed E-state index contributed by atoms with van der Waals surface area (Å²) in [6, 6.07) is 9.46.